The number of hydrogen-bond donors (Lipinski definition) is 2. The van der Waals surface area contributed by atoms with Crippen LogP contribution in [0.3, 0.4) is 0 Å². The van der Waals surface area contributed by atoms with Crippen LogP contribution < -0.4 is 11.1 Å². The fraction of sp³-hybridized carbons (Fsp3) is 0.750. The van der Waals surface area contributed by atoms with Gasteiger partial charge >= 0.3 is 0 Å². The standard InChI is InChI=1S/C12H22N2O/c1-3-5-9(2)14-12(15)11-7-4-6-10(11)8-13/h3,9-11H,1,4-8,13H2,2H3,(H,14,15). The first-order valence-electron chi connectivity index (χ1n) is 5.80. The molecular formula is C12H22N2O. The van der Waals surface area contributed by atoms with E-state index in [0.29, 0.717) is 12.5 Å². The Hall–Kier alpha value is -0.830. The van der Waals surface area contributed by atoms with Crippen molar-refractivity contribution >= 4 is 5.91 Å². The van der Waals surface area contributed by atoms with E-state index in [0.717, 1.165) is 25.7 Å². The van der Waals surface area contributed by atoms with E-state index >= 15 is 0 Å². The van der Waals surface area contributed by atoms with Gasteiger partial charge < -0.3 is 11.1 Å². The summed E-state index contributed by atoms with van der Waals surface area (Å²) in [5, 5.41) is 3.02. The minimum atomic E-state index is 0.141. The largest absolute Gasteiger partial charge is 0.353 e. The van der Waals surface area contributed by atoms with Crippen molar-refractivity contribution in [1.82, 2.24) is 5.32 Å². The Morgan fingerprint density at radius 2 is 2.40 bits per heavy atom. The number of rotatable bonds is 5. The van der Waals surface area contributed by atoms with Crippen LogP contribution in [0.25, 0.3) is 0 Å². The zero-order chi connectivity index (χ0) is 11.3. The Bertz CT molecular complexity index is 228. The summed E-state index contributed by atoms with van der Waals surface area (Å²) in [5.41, 5.74) is 5.66. The predicted molar refractivity (Wildman–Crippen MR) is 62.3 cm³/mol. The molecule has 0 saturated heterocycles. The minimum Gasteiger partial charge on any atom is -0.353 e. The molecule has 1 aliphatic rings. The number of hydrogen-bond acceptors (Lipinski definition) is 2. The van der Waals surface area contributed by atoms with Gasteiger partial charge in [-0.15, -0.1) is 6.58 Å². The Labute approximate surface area is 92.1 Å². The molecule has 1 rings (SSSR count). The molecule has 1 saturated carbocycles. The zero-order valence-corrected chi connectivity index (χ0v) is 9.54. The second kappa shape index (κ2) is 5.91. The highest BCUT2D eigenvalue weighted by molar-refractivity contribution is 5.79. The van der Waals surface area contributed by atoms with Crippen LogP contribution >= 0.6 is 0 Å². The first-order chi connectivity index (χ1) is 7.19. The Morgan fingerprint density at radius 1 is 1.67 bits per heavy atom. The lowest BCUT2D eigenvalue weighted by atomic mass is 9.95. The summed E-state index contributed by atoms with van der Waals surface area (Å²) in [7, 11) is 0. The summed E-state index contributed by atoms with van der Waals surface area (Å²) in [6.07, 6.45) is 5.89. The SMILES string of the molecule is C=CCC(C)NC(=O)C1CCCC1CN. The fourth-order valence-electron chi connectivity index (χ4n) is 2.32. The number of carbonyl (C=O) groups is 1. The van der Waals surface area contributed by atoms with E-state index in [1.54, 1.807) is 0 Å². The maximum atomic E-state index is 11.9. The van der Waals surface area contributed by atoms with Crippen LogP contribution in [0.4, 0.5) is 0 Å². The molecule has 15 heavy (non-hydrogen) atoms. The number of nitrogens with two attached hydrogens (primary N) is 1. The van der Waals surface area contributed by atoms with Crippen molar-refractivity contribution in [2.45, 2.75) is 38.6 Å². The zero-order valence-electron chi connectivity index (χ0n) is 9.54. The molecule has 3 nitrogen and oxygen atoms in total. The summed E-state index contributed by atoms with van der Waals surface area (Å²) < 4.78 is 0. The molecule has 0 radical (unpaired) electrons. The third kappa shape index (κ3) is 3.34. The van der Waals surface area contributed by atoms with Crippen LogP contribution in [0.15, 0.2) is 12.7 Å². The fourth-order valence-corrected chi connectivity index (χ4v) is 2.32. The molecule has 0 spiro atoms. The van der Waals surface area contributed by atoms with E-state index in [1.165, 1.54) is 0 Å². The molecule has 1 aliphatic carbocycles. The van der Waals surface area contributed by atoms with Crippen molar-refractivity contribution in [1.29, 1.82) is 0 Å². The van der Waals surface area contributed by atoms with E-state index in [1.807, 2.05) is 13.0 Å². The van der Waals surface area contributed by atoms with Crippen LogP contribution in [-0.2, 0) is 4.79 Å². The second-order valence-electron chi connectivity index (χ2n) is 4.47. The van der Waals surface area contributed by atoms with Gasteiger partial charge in [0.1, 0.15) is 0 Å². The maximum absolute atomic E-state index is 11.9. The molecule has 3 N–H and O–H groups in total. The third-order valence-electron chi connectivity index (χ3n) is 3.21. The molecule has 0 aliphatic heterocycles. The van der Waals surface area contributed by atoms with Gasteiger partial charge in [0.2, 0.25) is 5.91 Å². The average molecular weight is 210 g/mol. The van der Waals surface area contributed by atoms with E-state index < -0.39 is 0 Å². The third-order valence-corrected chi connectivity index (χ3v) is 3.21. The number of nitrogens with one attached hydrogen (secondary N) is 1. The molecule has 0 aromatic carbocycles. The van der Waals surface area contributed by atoms with E-state index in [-0.39, 0.29) is 17.9 Å². The minimum absolute atomic E-state index is 0.141. The molecule has 3 unspecified atom stereocenters. The summed E-state index contributed by atoms with van der Waals surface area (Å²) in [6.45, 7) is 6.30. The first kappa shape index (κ1) is 12.2. The summed E-state index contributed by atoms with van der Waals surface area (Å²) in [4.78, 5) is 11.9. The predicted octanol–water partition coefficient (Wildman–Crippen LogP) is 1.44. The Kier molecular flexibility index (Phi) is 4.82. The van der Waals surface area contributed by atoms with Gasteiger partial charge in [-0.2, -0.15) is 0 Å². The lowest BCUT2D eigenvalue weighted by Gasteiger charge is -2.20. The number of amides is 1. The molecule has 86 valence electrons. The highest BCUT2D eigenvalue weighted by Gasteiger charge is 2.32. The van der Waals surface area contributed by atoms with Gasteiger partial charge in [-0.3, -0.25) is 4.79 Å². The lowest BCUT2D eigenvalue weighted by Crippen LogP contribution is -2.39. The smallest absolute Gasteiger partial charge is 0.223 e. The molecule has 0 aromatic rings. The average Bonchev–Trinajstić information content (AvgIpc) is 2.65. The second-order valence-corrected chi connectivity index (χ2v) is 4.47. The van der Waals surface area contributed by atoms with Crippen molar-refractivity contribution in [2.24, 2.45) is 17.6 Å². The van der Waals surface area contributed by atoms with Gasteiger partial charge in [0, 0.05) is 12.0 Å². The van der Waals surface area contributed by atoms with Crippen LogP contribution in [0.2, 0.25) is 0 Å². The van der Waals surface area contributed by atoms with Gasteiger partial charge in [-0.1, -0.05) is 12.5 Å². The molecule has 1 fully saturated rings. The summed E-state index contributed by atoms with van der Waals surface area (Å²) >= 11 is 0. The van der Waals surface area contributed by atoms with Gasteiger partial charge in [0.05, 0.1) is 0 Å². The van der Waals surface area contributed by atoms with Crippen LogP contribution in [0, 0.1) is 11.8 Å². The Morgan fingerprint density at radius 3 is 3.00 bits per heavy atom. The first-order valence-corrected chi connectivity index (χ1v) is 5.80. The molecule has 0 aromatic heterocycles. The van der Waals surface area contributed by atoms with Gasteiger partial charge in [0.25, 0.3) is 0 Å². The topological polar surface area (TPSA) is 55.1 Å². The maximum Gasteiger partial charge on any atom is 0.223 e. The van der Waals surface area contributed by atoms with Crippen LogP contribution in [-0.4, -0.2) is 18.5 Å². The van der Waals surface area contributed by atoms with Crippen LogP contribution in [0.1, 0.15) is 32.6 Å². The molecule has 0 bridgehead atoms. The number of carbonyl (C=O) groups excluding carboxylic acids is 1. The quantitative estimate of drug-likeness (QED) is 0.675. The Balaban J connectivity index is 2.42. The monoisotopic (exact) mass is 210 g/mol. The molecule has 3 atom stereocenters. The highest BCUT2D eigenvalue weighted by atomic mass is 16.1. The normalized spacial score (nSPS) is 27.3. The molecular weight excluding hydrogens is 188 g/mol. The van der Waals surface area contributed by atoms with Crippen LogP contribution in [0.5, 0.6) is 0 Å². The van der Waals surface area contributed by atoms with Crippen molar-refractivity contribution in [2.75, 3.05) is 6.54 Å². The van der Waals surface area contributed by atoms with E-state index in [4.69, 9.17) is 5.73 Å². The van der Waals surface area contributed by atoms with Crippen molar-refractivity contribution < 1.29 is 4.79 Å². The van der Waals surface area contributed by atoms with Gasteiger partial charge in [-0.25, -0.2) is 0 Å². The van der Waals surface area contributed by atoms with E-state index in [9.17, 15) is 4.79 Å². The van der Waals surface area contributed by atoms with Crippen molar-refractivity contribution in [3.05, 3.63) is 12.7 Å². The molecule has 1 amide bonds. The highest BCUT2D eigenvalue weighted by Crippen LogP contribution is 2.31. The lowest BCUT2D eigenvalue weighted by molar-refractivity contribution is -0.126. The van der Waals surface area contributed by atoms with E-state index in [2.05, 4.69) is 11.9 Å². The van der Waals surface area contributed by atoms with Gasteiger partial charge in [0.15, 0.2) is 0 Å². The molecule has 0 heterocycles. The van der Waals surface area contributed by atoms with Gasteiger partial charge in [-0.05, 0) is 38.6 Å². The summed E-state index contributed by atoms with van der Waals surface area (Å²) in [5.74, 6) is 0.709. The van der Waals surface area contributed by atoms with Crippen molar-refractivity contribution in [3.8, 4) is 0 Å². The van der Waals surface area contributed by atoms with Crippen molar-refractivity contribution in [3.63, 3.8) is 0 Å². The summed E-state index contributed by atoms with van der Waals surface area (Å²) in [6, 6.07) is 0.189. The molecule has 3 heteroatoms.